The molecule has 6 nitrogen and oxygen atoms in total. The van der Waals surface area contributed by atoms with Crippen LogP contribution in [0.15, 0.2) is 55.3 Å². The molecule has 1 fully saturated rings. The van der Waals surface area contributed by atoms with Gasteiger partial charge in [0.25, 0.3) is 5.91 Å². The van der Waals surface area contributed by atoms with E-state index in [4.69, 9.17) is 4.42 Å². The topological polar surface area (TPSA) is 79.6 Å². The number of sulfone groups is 1. The molecule has 1 aromatic carbocycles. The highest BCUT2D eigenvalue weighted by molar-refractivity contribution is 9.10. The molecule has 1 amide bonds. The van der Waals surface area contributed by atoms with E-state index in [2.05, 4.69) is 33.1 Å². The number of piperidine rings is 1. The van der Waals surface area contributed by atoms with Crippen molar-refractivity contribution >= 4 is 31.7 Å². The van der Waals surface area contributed by atoms with Crippen LogP contribution in [0.3, 0.4) is 0 Å². The number of rotatable bonds is 6. The van der Waals surface area contributed by atoms with Gasteiger partial charge in [-0.15, -0.1) is 0 Å². The lowest BCUT2D eigenvalue weighted by Gasteiger charge is -2.32. The third-order valence-electron chi connectivity index (χ3n) is 4.77. The molecule has 1 unspecified atom stereocenters. The molecular weight excluding hydrogens is 432 g/mol. The number of benzene rings is 1. The molecule has 3 rings (SSSR count). The summed E-state index contributed by atoms with van der Waals surface area (Å²) in [4.78, 5) is 14.8. The highest BCUT2D eigenvalue weighted by atomic mass is 79.9. The fourth-order valence-electron chi connectivity index (χ4n) is 3.13. The highest BCUT2D eigenvalue weighted by Gasteiger charge is 2.24. The monoisotopic (exact) mass is 454 g/mol. The summed E-state index contributed by atoms with van der Waals surface area (Å²) in [5, 5.41) is 2.60. The molecule has 8 heteroatoms. The van der Waals surface area contributed by atoms with E-state index in [9.17, 15) is 13.2 Å². The molecule has 27 heavy (non-hydrogen) atoms. The predicted octanol–water partition coefficient (Wildman–Crippen LogP) is 3.48. The Bertz CT molecular complexity index is 887. The lowest BCUT2D eigenvalue weighted by atomic mass is 10.1. The smallest absolute Gasteiger partial charge is 0.287 e. The van der Waals surface area contributed by atoms with Crippen molar-refractivity contribution in [3.8, 4) is 0 Å². The quantitative estimate of drug-likeness (QED) is 0.722. The minimum atomic E-state index is -3.79. The number of hydrogen-bond donors (Lipinski definition) is 1. The zero-order valence-electron chi connectivity index (χ0n) is 15.2. The number of halogens is 1. The van der Waals surface area contributed by atoms with E-state index in [1.165, 1.54) is 43.5 Å². The molecule has 146 valence electrons. The molecule has 0 spiro atoms. The third-order valence-corrected chi connectivity index (χ3v) is 6.94. The first-order chi connectivity index (χ1) is 12.9. The fourth-order valence-corrected chi connectivity index (χ4v) is 4.57. The molecule has 2 aromatic rings. The lowest BCUT2D eigenvalue weighted by Crippen LogP contribution is -2.44. The second-order valence-corrected chi connectivity index (χ2v) is 9.53. The van der Waals surface area contributed by atoms with Gasteiger partial charge in [-0.05, 0) is 69.3 Å². The van der Waals surface area contributed by atoms with Gasteiger partial charge in [-0.25, -0.2) is 8.42 Å². The SMILES string of the molecule is CC(CNC(=O)c1ccc(S(=O)(=O)c2ccc(Br)cc2)o1)N1CCCCC1. The molecule has 0 saturated carbocycles. The number of carbonyl (C=O) groups is 1. The number of furan rings is 1. The van der Waals surface area contributed by atoms with Crippen LogP contribution in [0.4, 0.5) is 0 Å². The first kappa shape index (κ1) is 20.1. The lowest BCUT2D eigenvalue weighted by molar-refractivity contribution is 0.0897. The summed E-state index contributed by atoms with van der Waals surface area (Å²) in [6, 6.07) is 9.21. The first-order valence-electron chi connectivity index (χ1n) is 9.00. The van der Waals surface area contributed by atoms with Crippen molar-refractivity contribution in [1.29, 1.82) is 0 Å². The van der Waals surface area contributed by atoms with Crippen molar-refractivity contribution in [3.05, 3.63) is 46.6 Å². The largest absolute Gasteiger partial charge is 0.439 e. The maximum atomic E-state index is 12.6. The minimum Gasteiger partial charge on any atom is -0.439 e. The van der Waals surface area contributed by atoms with E-state index in [-0.39, 0.29) is 21.8 Å². The molecule has 1 saturated heterocycles. The van der Waals surface area contributed by atoms with Crippen molar-refractivity contribution in [3.63, 3.8) is 0 Å². The molecule has 2 heterocycles. The number of likely N-dealkylation sites (tertiary alicyclic amines) is 1. The molecule has 0 aliphatic carbocycles. The maximum absolute atomic E-state index is 12.6. The normalized spacial score (nSPS) is 16.8. The van der Waals surface area contributed by atoms with Gasteiger partial charge in [0.1, 0.15) is 0 Å². The molecule has 1 aromatic heterocycles. The number of hydrogen-bond acceptors (Lipinski definition) is 5. The summed E-state index contributed by atoms with van der Waals surface area (Å²) in [7, 11) is -3.79. The predicted molar refractivity (Wildman–Crippen MR) is 106 cm³/mol. The third kappa shape index (κ3) is 4.80. The average molecular weight is 455 g/mol. The Kier molecular flexibility index (Phi) is 6.39. The van der Waals surface area contributed by atoms with Gasteiger partial charge < -0.3 is 9.73 Å². The number of amides is 1. The molecule has 1 N–H and O–H groups in total. The summed E-state index contributed by atoms with van der Waals surface area (Å²) in [5.41, 5.74) is 0. The van der Waals surface area contributed by atoms with Gasteiger partial charge in [0.05, 0.1) is 4.90 Å². The summed E-state index contributed by atoms with van der Waals surface area (Å²) >= 11 is 3.27. The highest BCUT2D eigenvalue weighted by Crippen LogP contribution is 2.24. The standard InChI is InChI=1S/C19H23BrN2O4S/c1-14(22-11-3-2-4-12-22)13-21-19(23)17-9-10-18(26-17)27(24,25)16-7-5-15(20)6-8-16/h5-10,14H,2-4,11-13H2,1H3,(H,21,23). The van der Waals surface area contributed by atoms with Crippen molar-refractivity contribution < 1.29 is 17.6 Å². The van der Waals surface area contributed by atoms with Gasteiger partial charge in [0.15, 0.2) is 5.76 Å². The maximum Gasteiger partial charge on any atom is 0.287 e. The summed E-state index contributed by atoms with van der Waals surface area (Å²) in [5.74, 6) is -0.410. The summed E-state index contributed by atoms with van der Waals surface area (Å²) in [6.45, 7) is 4.67. The van der Waals surface area contributed by atoms with E-state index >= 15 is 0 Å². The van der Waals surface area contributed by atoms with Gasteiger partial charge in [0, 0.05) is 17.1 Å². The molecule has 1 atom stereocenters. The van der Waals surface area contributed by atoms with Crippen LogP contribution >= 0.6 is 15.9 Å². The molecule has 0 bridgehead atoms. The second kappa shape index (κ2) is 8.58. The van der Waals surface area contributed by atoms with E-state index < -0.39 is 15.7 Å². The second-order valence-electron chi connectivity index (χ2n) is 6.73. The van der Waals surface area contributed by atoms with Crippen LogP contribution in [0.2, 0.25) is 0 Å². The molecule has 0 radical (unpaired) electrons. The first-order valence-corrected chi connectivity index (χ1v) is 11.3. The summed E-state index contributed by atoms with van der Waals surface area (Å²) in [6.07, 6.45) is 3.64. The van der Waals surface area contributed by atoms with Gasteiger partial charge in [-0.2, -0.15) is 0 Å². The molecular formula is C19H23BrN2O4S. The van der Waals surface area contributed by atoms with Crippen LogP contribution in [0.5, 0.6) is 0 Å². The Morgan fingerprint density at radius 2 is 1.81 bits per heavy atom. The zero-order valence-corrected chi connectivity index (χ0v) is 17.6. The Morgan fingerprint density at radius 3 is 2.48 bits per heavy atom. The van der Waals surface area contributed by atoms with Crippen LogP contribution < -0.4 is 5.32 Å². The van der Waals surface area contributed by atoms with Crippen molar-refractivity contribution in [2.75, 3.05) is 19.6 Å². The van der Waals surface area contributed by atoms with Gasteiger partial charge in [-0.1, -0.05) is 22.4 Å². The Balaban J connectivity index is 1.64. The van der Waals surface area contributed by atoms with Crippen LogP contribution in [-0.4, -0.2) is 44.9 Å². The van der Waals surface area contributed by atoms with Gasteiger partial charge in [0.2, 0.25) is 14.9 Å². The fraction of sp³-hybridized carbons (Fsp3) is 0.421. The Hall–Kier alpha value is -1.64. The summed E-state index contributed by atoms with van der Waals surface area (Å²) < 4.78 is 31.3. The molecule has 1 aliphatic heterocycles. The van der Waals surface area contributed by atoms with Crippen LogP contribution in [0, 0.1) is 0 Å². The number of carbonyl (C=O) groups excluding carboxylic acids is 1. The number of nitrogens with one attached hydrogen (secondary N) is 1. The van der Waals surface area contributed by atoms with Gasteiger partial charge >= 0.3 is 0 Å². The van der Waals surface area contributed by atoms with E-state index in [0.717, 1.165) is 17.6 Å². The minimum absolute atomic E-state index is 0.00321. The Labute approximate surface area is 168 Å². The van der Waals surface area contributed by atoms with Gasteiger partial charge in [-0.3, -0.25) is 9.69 Å². The molecule has 1 aliphatic rings. The van der Waals surface area contributed by atoms with Crippen LogP contribution in [0.25, 0.3) is 0 Å². The van der Waals surface area contributed by atoms with Crippen LogP contribution in [0.1, 0.15) is 36.7 Å². The zero-order chi connectivity index (χ0) is 19.4. The Morgan fingerprint density at radius 1 is 1.15 bits per heavy atom. The van der Waals surface area contributed by atoms with Crippen LogP contribution in [-0.2, 0) is 9.84 Å². The van der Waals surface area contributed by atoms with E-state index in [0.29, 0.717) is 6.54 Å². The van der Waals surface area contributed by atoms with Crippen molar-refractivity contribution in [2.45, 2.75) is 42.2 Å². The van der Waals surface area contributed by atoms with Crippen molar-refractivity contribution in [1.82, 2.24) is 10.2 Å². The average Bonchev–Trinajstić information content (AvgIpc) is 3.18. The van der Waals surface area contributed by atoms with E-state index in [1.54, 1.807) is 12.1 Å². The van der Waals surface area contributed by atoms with Crippen molar-refractivity contribution in [2.24, 2.45) is 0 Å². The number of nitrogens with zero attached hydrogens (tertiary/aromatic N) is 1. The van der Waals surface area contributed by atoms with E-state index in [1.807, 2.05) is 0 Å².